The number of rotatable bonds is 7. The molecule has 0 aliphatic heterocycles. The number of carbonyl (C=O) groups excluding carboxylic acids is 2. The molecule has 0 aliphatic carbocycles. The number of carbonyl (C=O) groups is 2. The van der Waals surface area contributed by atoms with Gasteiger partial charge in [0.25, 0.3) is 0 Å². The van der Waals surface area contributed by atoms with Crippen molar-refractivity contribution in [1.82, 2.24) is 10.6 Å². The van der Waals surface area contributed by atoms with E-state index in [-0.39, 0.29) is 11.8 Å². The van der Waals surface area contributed by atoms with Gasteiger partial charge in [-0.05, 0) is 38.1 Å². The monoisotopic (exact) mass is 452 g/mol. The van der Waals surface area contributed by atoms with Gasteiger partial charge in [-0.25, -0.2) is 0 Å². The summed E-state index contributed by atoms with van der Waals surface area (Å²) in [5, 5.41) is 22.9. The van der Waals surface area contributed by atoms with Crippen molar-refractivity contribution in [2.45, 2.75) is 27.7 Å². The van der Waals surface area contributed by atoms with Crippen LogP contribution in [0.2, 0.25) is 0 Å². The molecule has 2 rings (SSSR count). The maximum absolute atomic E-state index is 10.5. The molecule has 2 aromatic carbocycles. The predicted octanol–water partition coefficient (Wildman–Crippen LogP) is 4.04. The standard InChI is InChI=1S/C8H16N2O2S2.2C7H8O/c1-7(11)9-3-5-13-14-6-4-10-8(2)12;2*1-6-2-4-7(8)5-3-6/h3-6H2,1-2H3,(H,9,11)(H,10,12);2*2-5,8H,1H3. The van der Waals surface area contributed by atoms with E-state index in [9.17, 15) is 9.59 Å². The Balaban J connectivity index is 0.000000447. The molecule has 166 valence electrons. The number of hydrogen-bond donors (Lipinski definition) is 4. The average Bonchev–Trinajstić information content (AvgIpc) is 2.69. The maximum Gasteiger partial charge on any atom is 0.216 e. The number of phenolic OH excluding ortho intramolecular Hbond substituents is 2. The zero-order valence-electron chi connectivity index (χ0n) is 18.0. The molecule has 6 nitrogen and oxygen atoms in total. The van der Waals surface area contributed by atoms with Gasteiger partial charge in [0.2, 0.25) is 11.8 Å². The number of phenols is 2. The normalized spacial score (nSPS) is 9.33. The molecule has 8 heteroatoms. The zero-order chi connectivity index (χ0) is 22.8. The fraction of sp³-hybridized carbons (Fsp3) is 0.364. The second-order valence-corrected chi connectivity index (χ2v) is 8.98. The summed E-state index contributed by atoms with van der Waals surface area (Å²) in [4.78, 5) is 21.0. The lowest BCUT2D eigenvalue weighted by atomic mass is 10.2. The van der Waals surface area contributed by atoms with Gasteiger partial charge in [0.15, 0.2) is 0 Å². The summed E-state index contributed by atoms with van der Waals surface area (Å²) in [6.45, 7) is 8.39. The molecule has 0 unspecified atom stereocenters. The van der Waals surface area contributed by atoms with Crippen molar-refractivity contribution in [3.05, 3.63) is 59.7 Å². The van der Waals surface area contributed by atoms with E-state index < -0.39 is 0 Å². The van der Waals surface area contributed by atoms with Crippen LogP contribution >= 0.6 is 21.6 Å². The number of aryl methyl sites for hydroxylation is 2. The number of aromatic hydroxyl groups is 2. The molecule has 0 fully saturated rings. The third kappa shape index (κ3) is 19.0. The third-order valence-electron chi connectivity index (χ3n) is 3.27. The van der Waals surface area contributed by atoms with Gasteiger partial charge in [0, 0.05) is 38.4 Å². The van der Waals surface area contributed by atoms with Crippen LogP contribution in [0.5, 0.6) is 11.5 Å². The number of nitrogens with one attached hydrogen (secondary N) is 2. The van der Waals surface area contributed by atoms with Crippen LogP contribution in [0.15, 0.2) is 48.5 Å². The Morgan fingerprint density at radius 3 is 1.23 bits per heavy atom. The van der Waals surface area contributed by atoms with Crippen LogP contribution in [0.25, 0.3) is 0 Å². The van der Waals surface area contributed by atoms with Crippen molar-refractivity contribution in [1.29, 1.82) is 0 Å². The molecule has 0 aliphatic rings. The minimum Gasteiger partial charge on any atom is -0.508 e. The van der Waals surface area contributed by atoms with Gasteiger partial charge in [-0.1, -0.05) is 57.0 Å². The van der Waals surface area contributed by atoms with E-state index in [0.717, 1.165) is 11.5 Å². The average molecular weight is 453 g/mol. The first-order valence-corrected chi connectivity index (χ1v) is 11.9. The molecular formula is C22H32N2O4S2. The zero-order valence-corrected chi connectivity index (χ0v) is 19.6. The largest absolute Gasteiger partial charge is 0.508 e. The van der Waals surface area contributed by atoms with E-state index in [1.54, 1.807) is 45.9 Å². The van der Waals surface area contributed by atoms with Crippen molar-refractivity contribution in [3.8, 4) is 11.5 Å². The summed E-state index contributed by atoms with van der Waals surface area (Å²) in [6.07, 6.45) is 0. The second-order valence-electron chi connectivity index (χ2n) is 6.28. The summed E-state index contributed by atoms with van der Waals surface area (Å²) in [5.74, 6) is 2.46. The lowest BCUT2D eigenvalue weighted by Gasteiger charge is -2.02. The molecule has 0 aromatic heterocycles. The molecule has 0 saturated heterocycles. The van der Waals surface area contributed by atoms with Gasteiger partial charge in [0.05, 0.1) is 0 Å². The Morgan fingerprint density at radius 1 is 0.700 bits per heavy atom. The van der Waals surface area contributed by atoms with Gasteiger partial charge < -0.3 is 20.8 Å². The minimum absolute atomic E-state index is 0.00819. The number of benzene rings is 2. The molecule has 2 aromatic rings. The Labute approximate surface area is 187 Å². The summed E-state index contributed by atoms with van der Waals surface area (Å²) in [7, 11) is 3.40. The van der Waals surface area contributed by atoms with E-state index in [2.05, 4.69) is 10.6 Å². The molecule has 30 heavy (non-hydrogen) atoms. The van der Waals surface area contributed by atoms with Gasteiger partial charge >= 0.3 is 0 Å². The number of amides is 2. The maximum atomic E-state index is 10.5. The Bertz CT molecular complexity index is 617. The van der Waals surface area contributed by atoms with Crippen molar-refractivity contribution >= 4 is 33.4 Å². The Kier molecular flexibility index (Phi) is 16.2. The third-order valence-corrected chi connectivity index (χ3v) is 5.68. The second kappa shape index (κ2) is 17.5. The fourth-order valence-corrected chi connectivity index (χ4v) is 3.56. The van der Waals surface area contributed by atoms with Gasteiger partial charge in [-0.2, -0.15) is 0 Å². The highest BCUT2D eigenvalue weighted by atomic mass is 33.1. The van der Waals surface area contributed by atoms with Gasteiger partial charge in [-0.15, -0.1) is 0 Å². The minimum atomic E-state index is 0.00819. The quantitative estimate of drug-likeness (QED) is 0.374. The van der Waals surface area contributed by atoms with E-state index in [1.807, 2.05) is 38.1 Å². The van der Waals surface area contributed by atoms with Crippen molar-refractivity contribution < 1.29 is 19.8 Å². The molecule has 0 saturated carbocycles. The molecule has 2 amide bonds. The molecular weight excluding hydrogens is 420 g/mol. The van der Waals surface area contributed by atoms with Crippen molar-refractivity contribution in [2.24, 2.45) is 0 Å². The number of hydrogen-bond acceptors (Lipinski definition) is 6. The van der Waals surface area contributed by atoms with Crippen LogP contribution in [-0.2, 0) is 9.59 Å². The lowest BCUT2D eigenvalue weighted by molar-refractivity contribution is -0.119. The van der Waals surface area contributed by atoms with E-state index in [4.69, 9.17) is 10.2 Å². The van der Waals surface area contributed by atoms with Gasteiger partial charge in [0.1, 0.15) is 11.5 Å². The first kappa shape index (κ1) is 27.7. The van der Waals surface area contributed by atoms with Crippen molar-refractivity contribution in [2.75, 3.05) is 24.6 Å². The van der Waals surface area contributed by atoms with Crippen LogP contribution in [0, 0.1) is 13.8 Å². The smallest absolute Gasteiger partial charge is 0.216 e. The topological polar surface area (TPSA) is 98.7 Å². The highest BCUT2D eigenvalue weighted by molar-refractivity contribution is 8.76. The van der Waals surface area contributed by atoms with Crippen LogP contribution in [0.1, 0.15) is 25.0 Å². The van der Waals surface area contributed by atoms with E-state index >= 15 is 0 Å². The Hall–Kier alpha value is -2.32. The van der Waals surface area contributed by atoms with Crippen LogP contribution < -0.4 is 10.6 Å². The first-order chi connectivity index (χ1) is 14.2. The summed E-state index contributed by atoms with van der Waals surface area (Å²) >= 11 is 0. The van der Waals surface area contributed by atoms with E-state index in [1.165, 1.54) is 25.0 Å². The molecule has 0 bridgehead atoms. The lowest BCUT2D eigenvalue weighted by Crippen LogP contribution is -2.23. The summed E-state index contributed by atoms with van der Waals surface area (Å²) in [5.41, 5.74) is 2.34. The highest BCUT2D eigenvalue weighted by Gasteiger charge is 1.94. The van der Waals surface area contributed by atoms with Crippen molar-refractivity contribution in [3.63, 3.8) is 0 Å². The molecule has 0 heterocycles. The highest BCUT2D eigenvalue weighted by Crippen LogP contribution is 2.19. The molecule has 0 spiro atoms. The fourth-order valence-electron chi connectivity index (χ4n) is 1.74. The molecule has 4 N–H and O–H groups in total. The molecule has 0 radical (unpaired) electrons. The van der Waals surface area contributed by atoms with Crippen LogP contribution in [0.4, 0.5) is 0 Å². The van der Waals surface area contributed by atoms with Gasteiger partial charge in [-0.3, -0.25) is 9.59 Å². The SMILES string of the molecule is CC(=O)NCCSSCCNC(C)=O.Cc1ccc(O)cc1.Cc1ccc(O)cc1. The first-order valence-electron chi connectivity index (χ1n) is 9.45. The Morgan fingerprint density at radius 2 is 1.00 bits per heavy atom. The van der Waals surface area contributed by atoms with Crippen LogP contribution in [-0.4, -0.2) is 46.6 Å². The van der Waals surface area contributed by atoms with Crippen LogP contribution in [0.3, 0.4) is 0 Å². The van der Waals surface area contributed by atoms with E-state index in [0.29, 0.717) is 24.6 Å². The summed E-state index contributed by atoms with van der Waals surface area (Å²) in [6, 6.07) is 14.2. The predicted molar refractivity (Wildman–Crippen MR) is 128 cm³/mol. The summed E-state index contributed by atoms with van der Waals surface area (Å²) < 4.78 is 0. The molecule has 0 atom stereocenters.